The number of nitrogens with zero attached hydrogens (tertiary/aromatic N) is 3. The van der Waals surface area contributed by atoms with Crippen molar-refractivity contribution in [2.24, 2.45) is 5.41 Å². The molecule has 0 saturated carbocycles. The molecule has 22 heavy (non-hydrogen) atoms. The van der Waals surface area contributed by atoms with Crippen molar-refractivity contribution < 1.29 is 0 Å². The molecule has 3 heteroatoms. The fraction of sp³-hybridized carbons (Fsp3) is 0.895. The van der Waals surface area contributed by atoms with Gasteiger partial charge in [-0.15, -0.1) is 13.2 Å². The summed E-state index contributed by atoms with van der Waals surface area (Å²) in [5, 5.41) is 0. The quantitative estimate of drug-likeness (QED) is 0.739. The maximum absolute atomic E-state index is 3.00. The summed E-state index contributed by atoms with van der Waals surface area (Å²) in [5.74, 6) is 0. The van der Waals surface area contributed by atoms with E-state index in [1.54, 1.807) is 0 Å². The highest BCUT2D eigenvalue weighted by atomic mass is 15.3. The molecule has 0 aromatic rings. The number of rotatable bonds is 4. The Hall–Kier alpha value is -0.380. The molecule has 3 aliphatic heterocycles. The maximum Gasteiger partial charge on any atom is 0.0212 e. The zero-order chi connectivity index (χ0) is 16.3. The second-order valence-electron chi connectivity index (χ2n) is 7.97. The van der Waals surface area contributed by atoms with E-state index >= 15 is 0 Å². The molecule has 0 amide bonds. The Balaban J connectivity index is 0.000000847. The van der Waals surface area contributed by atoms with E-state index in [9.17, 15) is 0 Å². The lowest BCUT2D eigenvalue weighted by atomic mass is 9.71. The van der Waals surface area contributed by atoms with Gasteiger partial charge in [-0.25, -0.2) is 0 Å². The maximum atomic E-state index is 3.00. The summed E-state index contributed by atoms with van der Waals surface area (Å²) in [7, 11) is 0. The molecule has 1 spiro atoms. The van der Waals surface area contributed by atoms with Crippen LogP contribution in [0.5, 0.6) is 0 Å². The smallest absolute Gasteiger partial charge is 0.0212 e. The van der Waals surface area contributed by atoms with Gasteiger partial charge in [-0.3, -0.25) is 9.80 Å². The highest BCUT2D eigenvalue weighted by Crippen LogP contribution is 2.42. The first-order valence-corrected chi connectivity index (χ1v) is 9.25. The van der Waals surface area contributed by atoms with Crippen LogP contribution in [0.25, 0.3) is 0 Å². The van der Waals surface area contributed by atoms with Crippen LogP contribution in [-0.4, -0.2) is 72.1 Å². The Morgan fingerprint density at radius 3 is 2.27 bits per heavy atom. The molecule has 3 nitrogen and oxygen atoms in total. The SMILES string of the molecule is C=C.CCCN1CCC(N2CC3(CN(C(C)C)C3)C2)C[C@H]1C. The van der Waals surface area contributed by atoms with Crippen LogP contribution in [0, 0.1) is 5.41 Å². The topological polar surface area (TPSA) is 9.72 Å². The van der Waals surface area contributed by atoms with Crippen LogP contribution < -0.4 is 0 Å². The largest absolute Gasteiger partial charge is 0.301 e. The van der Waals surface area contributed by atoms with Crippen molar-refractivity contribution in [2.75, 3.05) is 39.3 Å². The van der Waals surface area contributed by atoms with Gasteiger partial charge in [0, 0.05) is 49.7 Å². The summed E-state index contributed by atoms with van der Waals surface area (Å²) in [4.78, 5) is 8.11. The second-order valence-corrected chi connectivity index (χ2v) is 7.97. The van der Waals surface area contributed by atoms with Gasteiger partial charge in [0.1, 0.15) is 0 Å². The van der Waals surface area contributed by atoms with Crippen LogP contribution in [0.1, 0.15) is 47.0 Å². The van der Waals surface area contributed by atoms with Gasteiger partial charge in [-0.1, -0.05) is 6.92 Å². The van der Waals surface area contributed by atoms with Gasteiger partial charge in [-0.05, 0) is 53.1 Å². The fourth-order valence-corrected chi connectivity index (χ4v) is 4.60. The van der Waals surface area contributed by atoms with E-state index in [2.05, 4.69) is 55.6 Å². The Labute approximate surface area is 138 Å². The molecule has 0 aliphatic carbocycles. The minimum Gasteiger partial charge on any atom is -0.301 e. The van der Waals surface area contributed by atoms with Gasteiger partial charge in [-0.2, -0.15) is 0 Å². The first-order valence-electron chi connectivity index (χ1n) is 9.25. The molecule has 3 saturated heterocycles. The van der Waals surface area contributed by atoms with Crippen molar-refractivity contribution in [3.63, 3.8) is 0 Å². The molecule has 1 unspecified atom stereocenters. The predicted molar refractivity (Wildman–Crippen MR) is 96.3 cm³/mol. The zero-order valence-corrected chi connectivity index (χ0v) is 15.4. The molecule has 0 aromatic carbocycles. The van der Waals surface area contributed by atoms with E-state index in [4.69, 9.17) is 0 Å². The summed E-state index contributed by atoms with van der Waals surface area (Å²) in [5.41, 5.74) is 0.689. The molecule has 3 rings (SSSR count). The minimum absolute atomic E-state index is 0.689. The number of piperidine rings is 1. The highest BCUT2D eigenvalue weighted by molar-refractivity contribution is 5.08. The normalized spacial score (nSPS) is 32.2. The lowest BCUT2D eigenvalue weighted by Crippen LogP contribution is -2.74. The molecular weight excluding hydrogens is 270 g/mol. The van der Waals surface area contributed by atoms with Crippen LogP contribution in [0.15, 0.2) is 13.2 Å². The third-order valence-corrected chi connectivity index (χ3v) is 5.90. The van der Waals surface area contributed by atoms with Crippen LogP contribution in [0.3, 0.4) is 0 Å². The van der Waals surface area contributed by atoms with Crippen molar-refractivity contribution in [1.29, 1.82) is 0 Å². The Morgan fingerprint density at radius 2 is 1.77 bits per heavy atom. The van der Waals surface area contributed by atoms with Crippen LogP contribution in [-0.2, 0) is 0 Å². The van der Waals surface area contributed by atoms with Gasteiger partial charge < -0.3 is 4.90 Å². The first-order chi connectivity index (χ1) is 10.5. The molecule has 3 aliphatic rings. The number of likely N-dealkylation sites (tertiary alicyclic amines) is 3. The molecule has 3 fully saturated rings. The second kappa shape index (κ2) is 7.46. The van der Waals surface area contributed by atoms with Crippen LogP contribution in [0.4, 0.5) is 0 Å². The Bertz CT molecular complexity index is 341. The van der Waals surface area contributed by atoms with E-state index in [0.717, 1.165) is 18.1 Å². The van der Waals surface area contributed by atoms with Crippen LogP contribution in [0.2, 0.25) is 0 Å². The van der Waals surface area contributed by atoms with Gasteiger partial charge >= 0.3 is 0 Å². The summed E-state index contributed by atoms with van der Waals surface area (Å²) in [6, 6.07) is 2.41. The summed E-state index contributed by atoms with van der Waals surface area (Å²) < 4.78 is 0. The van der Waals surface area contributed by atoms with E-state index in [0.29, 0.717) is 5.41 Å². The lowest BCUT2D eigenvalue weighted by molar-refractivity contribution is -0.146. The predicted octanol–water partition coefficient (Wildman–Crippen LogP) is 3.08. The highest BCUT2D eigenvalue weighted by Gasteiger charge is 2.53. The standard InChI is InChI=1S/C17H33N3.C2H4/c1-5-7-18-8-6-16(9-15(18)4)20-12-17(13-20)10-19(11-17)14(2)3;1-2/h14-16H,5-13H2,1-4H3;1-2H2/t15-,16?;/m1./s1. The Kier molecular flexibility index (Phi) is 6.09. The van der Waals surface area contributed by atoms with Crippen LogP contribution >= 0.6 is 0 Å². The molecule has 0 N–H and O–H groups in total. The van der Waals surface area contributed by atoms with E-state index < -0.39 is 0 Å². The first kappa shape index (κ1) is 18.0. The third kappa shape index (κ3) is 3.58. The molecule has 128 valence electrons. The van der Waals surface area contributed by atoms with E-state index in [1.165, 1.54) is 58.5 Å². The number of hydrogen-bond donors (Lipinski definition) is 0. The Morgan fingerprint density at radius 1 is 1.14 bits per heavy atom. The third-order valence-electron chi connectivity index (χ3n) is 5.90. The fourth-order valence-electron chi connectivity index (χ4n) is 4.60. The molecule has 3 heterocycles. The van der Waals surface area contributed by atoms with Crippen molar-refractivity contribution in [3.05, 3.63) is 13.2 Å². The van der Waals surface area contributed by atoms with Crippen molar-refractivity contribution >= 4 is 0 Å². The summed E-state index contributed by atoms with van der Waals surface area (Å²) >= 11 is 0. The van der Waals surface area contributed by atoms with Gasteiger partial charge in [0.05, 0.1) is 0 Å². The van der Waals surface area contributed by atoms with E-state index in [-0.39, 0.29) is 0 Å². The summed E-state index contributed by atoms with van der Waals surface area (Å²) in [6.45, 7) is 23.5. The average molecular weight is 308 g/mol. The minimum atomic E-state index is 0.689. The van der Waals surface area contributed by atoms with Gasteiger partial charge in [0.25, 0.3) is 0 Å². The molecular formula is C19H37N3. The van der Waals surface area contributed by atoms with Crippen molar-refractivity contribution in [1.82, 2.24) is 14.7 Å². The van der Waals surface area contributed by atoms with Crippen molar-refractivity contribution in [3.8, 4) is 0 Å². The average Bonchev–Trinajstić information content (AvgIpc) is 2.40. The summed E-state index contributed by atoms with van der Waals surface area (Å²) in [6.07, 6.45) is 4.09. The lowest BCUT2D eigenvalue weighted by Gasteiger charge is -2.64. The van der Waals surface area contributed by atoms with E-state index in [1.807, 2.05) is 0 Å². The zero-order valence-electron chi connectivity index (χ0n) is 15.4. The van der Waals surface area contributed by atoms with Gasteiger partial charge in [0.2, 0.25) is 0 Å². The molecule has 2 atom stereocenters. The molecule has 0 radical (unpaired) electrons. The number of hydrogen-bond acceptors (Lipinski definition) is 3. The van der Waals surface area contributed by atoms with Crippen molar-refractivity contribution in [2.45, 2.75) is 65.1 Å². The molecule has 0 bridgehead atoms. The van der Waals surface area contributed by atoms with Gasteiger partial charge in [0.15, 0.2) is 0 Å². The monoisotopic (exact) mass is 307 g/mol. The molecule has 0 aromatic heterocycles.